The van der Waals surface area contributed by atoms with E-state index in [1.807, 2.05) is 167 Å². The highest BCUT2D eigenvalue weighted by molar-refractivity contribution is 9.10. The number of ether oxygens (including phenoxy) is 2. The molecule has 0 unspecified atom stereocenters. The molecule has 5 rings (SSSR count). The largest absolute Gasteiger partial charge is 0.494 e. The summed E-state index contributed by atoms with van der Waals surface area (Å²) in [4.78, 5) is 31.9. The molecular weight excluding hydrogens is 751 g/mol. The number of alkyl carbamates (subject to hydrolysis) is 2. The number of hydrogen-bond donors (Lipinski definition) is 2. The molecule has 0 radical (unpaired) electrons. The Kier molecular flexibility index (Phi) is 14.8. The lowest BCUT2D eigenvalue weighted by Crippen LogP contribution is -2.41. The Balaban J connectivity index is 0.000000247. The van der Waals surface area contributed by atoms with Crippen molar-refractivity contribution in [3.8, 4) is 11.4 Å². The van der Waals surface area contributed by atoms with E-state index in [-0.39, 0.29) is 30.4 Å². The number of carbonyl (C=O) groups excluding carboxylic acids is 2. The summed E-state index contributed by atoms with van der Waals surface area (Å²) < 4.78 is 27.4. The van der Waals surface area contributed by atoms with Gasteiger partial charge in [0, 0.05) is 44.4 Å². The molecule has 2 atom stereocenters. The number of imidazole rings is 2. The Labute approximate surface area is 330 Å². The van der Waals surface area contributed by atoms with E-state index >= 15 is 0 Å². The second-order valence-corrected chi connectivity index (χ2v) is 17.0. The SMILES string of the molecule is C[C@H](NC(=O)OC(C)(C)C)c1ccc(-c2nccn2C)cc1.C[C@H](NC(=O)OC(C)(C)C)c1ccc(B2OC(C)(C)C(C)(C)O2)cc1.Cn1ccnc1Br. The Morgan fingerprint density at radius 3 is 1.46 bits per heavy atom. The topological polar surface area (TPSA) is 131 Å². The van der Waals surface area contributed by atoms with Gasteiger partial charge < -0.3 is 38.6 Å². The van der Waals surface area contributed by atoms with Crippen LogP contribution in [0.4, 0.5) is 9.59 Å². The second-order valence-electron chi connectivity index (χ2n) is 16.3. The third-order valence-electron chi connectivity index (χ3n) is 8.68. The van der Waals surface area contributed by atoms with Gasteiger partial charge >= 0.3 is 19.3 Å². The van der Waals surface area contributed by atoms with Crippen LogP contribution in [0.25, 0.3) is 11.4 Å². The zero-order valence-corrected chi connectivity index (χ0v) is 35.9. The Hall–Kier alpha value is -4.14. The lowest BCUT2D eigenvalue weighted by atomic mass is 9.78. The van der Waals surface area contributed by atoms with Gasteiger partial charge in [-0.15, -0.1) is 0 Å². The van der Waals surface area contributed by atoms with Crippen LogP contribution in [0.5, 0.6) is 0 Å². The first-order valence-electron chi connectivity index (χ1n) is 18.0. The quantitative estimate of drug-likeness (QED) is 0.186. The molecule has 14 heteroatoms. The van der Waals surface area contributed by atoms with Gasteiger partial charge in [0.05, 0.1) is 23.3 Å². The van der Waals surface area contributed by atoms with Crippen molar-refractivity contribution >= 4 is 40.7 Å². The van der Waals surface area contributed by atoms with E-state index in [4.69, 9.17) is 18.8 Å². The molecule has 2 aromatic heterocycles. The van der Waals surface area contributed by atoms with E-state index in [0.717, 1.165) is 32.7 Å². The van der Waals surface area contributed by atoms with Crippen molar-refractivity contribution in [2.45, 2.75) is 118 Å². The summed E-state index contributed by atoms with van der Waals surface area (Å²) in [5, 5.41) is 5.68. The highest BCUT2D eigenvalue weighted by Crippen LogP contribution is 2.36. The lowest BCUT2D eigenvalue weighted by Gasteiger charge is -2.32. The van der Waals surface area contributed by atoms with Crippen LogP contribution >= 0.6 is 15.9 Å². The third-order valence-corrected chi connectivity index (χ3v) is 9.44. The number of aromatic nitrogens is 4. The average molecular weight is 810 g/mol. The van der Waals surface area contributed by atoms with Crippen molar-refractivity contribution in [3.05, 3.63) is 89.2 Å². The molecule has 2 aromatic carbocycles. The van der Waals surface area contributed by atoms with Crippen LogP contribution in [0, 0.1) is 0 Å². The zero-order valence-electron chi connectivity index (χ0n) is 34.3. The summed E-state index contributed by atoms with van der Waals surface area (Å²) in [6.45, 7) is 23.1. The number of hydrogen-bond acceptors (Lipinski definition) is 8. The molecule has 3 heterocycles. The van der Waals surface area contributed by atoms with Gasteiger partial charge in [-0.3, -0.25) is 0 Å². The first-order valence-corrected chi connectivity index (χ1v) is 18.8. The van der Waals surface area contributed by atoms with Crippen LogP contribution in [0.15, 0.2) is 78.1 Å². The van der Waals surface area contributed by atoms with Gasteiger partial charge in [-0.25, -0.2) is 19.6 Å². The summed E-state index contributed by atoms with van der Waals surface area (Å²) in [6, 6.07) is 15.6. The van der Waals surface area contributed by atoms with Crippen molar-refractivity contribution in [1.29, 1.82) is 0 Å². The molecule has 0 bridgehead atoms. The highest BCUT2D eigenvalue weighted by atomic mass is 79.9. The summed E-state index contributed by atoms with van der Waals surface area (Å²) in [5.74, 6) is 0.916. The second kappa shape index (κ2) is 18.0. The van der Waals surface area contributed by atoms with Crippen molar-refractivity contribution in [2.24, 2.45) is 14.1 Å². The standard InChI is InChI=1S/C19H30BNO4.C17H23N3O2.C4H5BrN2/c1-13(21-16(22)23-17(2,3)4)14-9-11-15(12-10-14)20-24-18(5,6)19(7,8)25-20;1-12(19-16(21)22-17(2,3)4)13-6-8-14(9-7-13)15-18-10-11-20(15)5;1-7-3-2-6-4(7)5/h9-13H,1-8H3,(H,21,22);6-12H,1-5H3,(H,19,21);2-3H,1H3/t13-;12-;/m00./s1. The van der Waals surface area contributed by atoms with E-state index in [0.29, 0.717) is 0 Å². The maximum atomic E-state index is 11.9. The van der Waals surface area contributed by atoms with E-state index in [1.54, 1.807) is 12.4 Å². The first kappa shape index (κ1) is 44.3. The molecule has 4 aromatic rings. The zero-order chi connectivity index (χ0) is 40.6. The Bertz CT molecular complexity index is 1780. The van der Waals surface area contributed by atoms with Crippen LogP contribution in [0.1, 0.15) is 106 Å². The fourth-order valence-electron chi connectivity index (χ4n) is 4.97. The normalized spacial score (nSPS) is 15.8. The third kappa shape index (κ3) is 13.3. The molecule has 1 aliphatic heterocycles. The van der Waals surface area contributed by atoms with Crippen LogP contribution in [-0.2, 0) is 32.9 Å². The number of rotatable bonds is 6. The van der Waals surface area contributed by atoms with E-state index < -0.39 is 23.4 Å². The van der Waals surface area contributed by atoms with Crippen molar-refractivity contribution in [1.82, 2.24) is 29.7 Å². The van der Waals surface area contributed by atoms with Crippen LogP contribution in [0.3, 0.4) is 0 Å². The monoisotopic (exact) mass is 808 g/mol. The number of nitrogens with one attached hydrogen (secondary N) is 2. The molecule has 54 heavy (non-hydrogen) atoms. The first-order chi connectivity index (χ1) is 24.9. The summed E-state index contributed by atoms with van der Waals surface area (Å²) in [7, 11) is 3.51. The molecule has 12 nitrogen and oxygen atoms in total. The molecule has 0 aliphatic carbocycles. The number of halogens is 1. The van der Waals surface area contributed by atoms with Crippen molar-refractivity contribution in [2.75, 3.05) is 0 Å². The van der Waals surface area contributed by atoms with Crippen LogP contribution < -0.4 is 16.1 Å². The molecule has 2 amide bonds. The predicted molar refractivity (Wildman–Crippen MR) is 217 cm³/mol. The predicted octanol–water partition coefficient (Wildman–Crippen LogP) is 8.43. The molecular formula is C40H58BBrN6O6. The van der Waals surface area contributed by atoms with Crippen molar-refractivity contribution < 1.29 is 28.4 Å². The van der Waals surface area contributed by atoms with E-state index in [2.05, 4.69) is 36.5 Å². The summed E-state index contributed by atoms with van der Waals surface area (Å²) in [5.41, 5.74) is 2.29. The molecule has 0 spiro atoms. The number of benzene rings is 2. The van der Waals surface area contributed by atoms with Gasteiger partial charge in [-0.2, -0.15) is 0 Å². The number of aryl methyl sites for hydroxylation is 2. The van der Waals surface area contributed by atoms with E-state index in [9.17, 15) is 9.59 Å². The minimum atomic E-state index is -0.510. The van der Waals surface area contributed by atoms with Gasteiger partial charge in [0.1, 0.15) is 17.0 Å². The average Bonchev–Trinajstić information content (AvgIpc) is 3.71. The van der Waals surface area contributed by atoms with Gasteiger partial charge in [0.15, 0.2) is 4.73 Å². The number of nitrogens with zero attached hydrogens (tertiary/aromatic N) is 4. The minimum Gasteiger partial charge on any atom is -0.444 e. The Morgan fingerprint density at radius 1 is 0.722 bits per heavy atom. The molecule has 1 aliphatic rings. The molecule has 294 valence electrons. The minimum absolute atomic E-state index is 0.120. The maximum absolute atomic E-state index is 11.9. The fourth-order valence-corrected chi connectivity index (χ4v) is 5.20. The van der Waals surface area contributed by atoms with Crippen LogP contribution in [0.2, 0.25) is 0 Å². The summed E-state index contributed by atoms with van der Waals surface area (Å²) in [6.07, 6.45) is 6.48. The van der Waals surface area contributed by atoms with Gasteiger partial charge in [-0.05, 0) is 116 Å². The lowest BCUT2D eigenvalue weighted by molar-refractivity contribution is 0.00578. The highest BCUT2D eigenvalue weighted by Gasteiger charge is 2.51. The number of amides is 2. The molecule has 1 saturated heterocycles. The van der Waals surface area contributed by atoms with Gasteiger partial charge in [-0.1, -0.05) is 48.5 Å². The maximum Gasteiger partial charge on any atom is 0.494 e. The van der Waals surface area contributed by atoms with E-state index in [1.165, 1.54) is 0 Å². The fraction of sp³-hybridized carbons (Fsp3) is 0.500. The molecule has 2 N–H and O–H groups in total. The Morgan fingerprint density at radius 2 is 1.13 bits per heavy atom. The number of carbonyl (C=O) groups is 2. The van der Waals surface area contributed by atoms with Crippen molar-refractivity contribution in [3.63, 3.8) is 0 Å². The van der Waals surface area contributed by atoms with Crippen LogP contribution in [-0.4, -0.2) is 60.8 Å². The molecule has 1 fully saturated rings. The molecule has 0 saturated carbocycles. The van der Waals surface area contributed by atoms with Gasteiger partial charge in [0.2, 0.25) is 0 Å². The summed E-state index contributed by atoms with van der Waals surface area (Å²) >= 11 is 3.22. The van der Waals surface area contributed by atoms with Gasteiger partial charge in [0.25, 0.3) is 0 Å². The smallest absolute Gasteiger partial charge is 0.444 e.